The van der Waals surface area contributed by atoms with Crippen LogP contribution in [-0.4, -0.2) is 41.9 Å². The number of nitriles is 1. The van der Waals surface area contributed by atoms with Gasteiger partial charge in [0.15, 0.2) is 5.69 Å². The van der Waals surface area contributed by atoms with Crippen LogP contribution >= 0.6 is 0 Å². The van der Waals surface area contributed by atoms with Gasteiger partial charge in [-0.25, -0.2) is 13.4 Å². The van der Waals surface area contributed by atoms with Crippen LogP contribution in [-0.2, 0) is 14.8 Å². The van der Waals surface area contributed by atoms with Crippen molar-refractivity contribution in [3.8, 4) is 6.07 Å². The van der Waals surface area contributed by atoms with Gasteiger partial charge < -0.3 is 5.11 Å². The predicted molar refractivity (Wildman–Crippen MR) is 68.1 cm³/mol. The van der Waals surface area contributed by atoms with E-state index in [1.807, 2.05) is 0 Å². The third-order valence-corrected chi connectivity index (χ3v) is 5.12. The molecule has 1 aromatic heterocycles. The summed E-state index contributed by atoms with van der Waals surface area (Å²) in [5.41, 5.74) is -0.176. The summed E-state index contributed by atoms with van der Waals surface area (Å²) in [6.07, 6.45) is 2.28. The van der Waals surface area contributed by atoms with Gasteiger partial charge in [-0.15, -0.1) is 0 Å². The number of pyridine rings is 1. The lowest BCUT2D eigenvalue weighted by molar-refractivity contribution is -0.142. The highest BCUT2D eigenvalue weighted by Gasteiger charge is 2.34. The van der Waals surface area contributed by atoms with Gasteiger partial charge in [-0.2, -0.15) is 9.57 Å². The fourth-order valence-corrected chi connectivity index (χ4v) is 3.80. The van der Waals surface area contributed by atoms with Crippen molar-refractivity contribution >= 4 is 16.0 Å². The lowest BCUT2D eigenvalue weighted by atomic mass is 10.0. The monoisotopic (exact) mass is 295 g/mol. The molecular formula is C12H13N3O4S. The van der Waals surface area contributed by atoms with Gasteiger partial charge in [0.1, 0.15) is 11.0 Å². The second-order valence-corrected chi connectivity index (χ2v) is 6.41. The van der Waals surface area contributed by atoms with Gasteiger partial charge in [0.05, 0.1) is 5.92 Å². The van der Waals surface area contributed by atoms with E-state index in [0.29, 0.717) is 12.8 Å². The van der Waals surface area contributed by atoms with E-state index in [0.717, 1.165) is 4.31 Å². The fourth-order valence-electron chi connectivity index (χ4n) is 2.18. The van der Waals surface area contributed by atoms with Crippen molar-refractivity contribution in [3.63, 3.8) is 0 Å². The average molecular weight is 295 g/mol. The molecule has 0 bridgehead atoms. The summed E-state index contributed by atoms with van der Waals surface area (Å²) in [7, 11) is -3.89. The summed E-state index contributed by atoms with van der Waals surface area (Å²) in [5, 5.41) is 17.9. The summed E-state index contributed by atoms with van der Waals surface area (Å²) in [5.74, 6) is -1.71. The highest BCUT2D eigenvalue weighted by Crippen LogP contribution is 2.24. The number of sulfonamides is 1. The Hall–Kier alpha value is -1.98. The van der Waals surface area contributed by atoms with Crippen LogP contribution in [0.15, 0.2) is 23.2 Å². The van der Waals surface area contributed by atoms with Crippen LogP contribution in [0.1, 0.15) is 18.5 Å². The first-order chi connectivity index (χ1) is 9.46. The normalized spacial score (nSPS) is 20.2. The van der Waals surface area contributed by atoms with Gasteiger partial charge in [0, 0.05) is 19.3 Å². The van der Waals surface area contributed by atoms with E-state index in [1.165, 1.54) is 18.3 Å². The van der Waals surface area contributed by atoms with E-state index >= 15 is 0 Å². The van der Waals surface area contributed by atoms with Crippen molar-refractivity contribution in [1.82, 2.24) is 9.29 Å². The van der Waals surface area contributed by atoms with Crippen molar-refractivity contribution in [2.75, 3.05) is 13.1 Å². The molecule has 106 valence electrons. The molecule has 1 N–H and O–H groups in total. The molecule has 7 nitrogen and oxygen atoms in total. The second-order valence-electron chi connectivity index (χ2n) is 4.50. The Kier molecular flexibility index (Phi) is 4.01. The number of rotatable bonds is 3. The Morgan fingerprint density at radius 2 is 2.30 bits per heavy atom. The standard InChI is InChI=1S/C12H13N3O4S/c13-7-10-11(4-1-5-14-10)20(18,19)15-6-2-3-9(8-15)12(16)17/h1,4-5,9H,2-3,6,8H2,(H,16,17)/t9-/m1/s1. The van der Waals surface area contributed by atoms with E-state index < -0.39 is 21.9 Å². The first-order valence-electron chi connectivity index (χ1n) is 6.05. The summed E-state index contributed by atoms with van der Waals surface area (Å²) < 4.78 is 26.1. The molecule has 1 fully saturated rings. The second kappa shape index (κ2) is 5.56. The van der Waals surface area contributed by atoms with Crippen LogP contribution in [0.5, 0.6) is 0 Å². The number of hydrogen-bond acceptors (Lipinski definition) is 5. The molecular weight excluding hydrogens is 282 g/mol. The Morgan fingerprint density at radius 3 is 2.95 bits per heavy atom. The highest BCUT2D eigenvalue weighted by atomic mass is 32.2. The third kappa shape index (κ3) is 2.64. The lowest BCUT2D eigenvalue weighted by Gasteiger charge is -2.29. The van der Waals surface area contributed by atoms with Crippen molar-refractivity contribution in [2.24, 2.45) is 5.92 Å². The Morgan fingerprint density at radius 1 is 1.55 bits per heavy atom. The molecule has 1 aliphatic rings. The maximum absolute atomic E-state index is 12.5. The minimum atomic E-state index is -3.89. The summed E-state index contributed by atoms with van der Waals surface area (Å²) in [6, 6.07) is 4.49. The topological polar surface area (TPSA) is 111 Å². The molecule has 20 heavy (non-hydrogen) atoms. The van der Waals surface area contributed by atoms with Gasteiger partial charge in [0.25, 0.3) is 0 Å². The summed E-state index contributed by atoms with van der Waals surface area (Å²) in [6.45, 7) is 0.184. The first kappa shape index (κ1) is 14.4. The molecule has 0 aliphatic carbocycles. The zero-order valence-corrected chi connectivity index (χ0v) is 11.4. The minimum Gasteiger partial charge on any atom is -0.481 e. The average Bonchev–Trinajstić information content (AvgIpc) is 2.47. The van der Waals surface area contributed by atoms with Crippen LogP contribution in [0.4, 0.5) is 0 Å². The molecule has 2 heterocycles. The van der Waals surface area contributed by atoms with E-state index in [2.05, 4.69) is 4.98 Å². The third-order valence-electron chi connectivity index (χ3n) is 3.23. The van der Waals surface area contributed by atoms with Gasteiger partial charge in [-0.05, 0) is 25.0 Å². The van der Waals surface area contributed by atoms with Crippen LogP contribution < -0.4 is 0 Å². The van der Waals surface area contributed by atoms with E-state index in [9.17, 15) is 13.2 Å². The number of piperidine rings is 1. The van der Waals surface area contributed by atoms with Crippen molar-refractivity contribution in [3.05, 3.63) is 24.0 Å². The molecule has 1 saturated heterocycles. The molecule has 0 aromatic carbocycles. The van der Waals surface area contributed by atoms with Crippen LogP contribution in [0, 0.1) is 17.2 Å². The number of carbonyl (C=O) groups is 1. The summed E-state index contributed by atoms with van der Waals surface area (Å²) in [4.78, 5) is 14.6. The highest BCUT2D eigenvalue weighted by molar-refractivity contribution is 7.89. The minimum absolute atomic E-state index is 0.0720. The molecule has 8 heteroatoms. The predicted octanol–water partition coefficient (Wildman–Crippen LogP) is 0.439. The number of aromatic nitrogens is 1. The SMILES string of the molecule is N#Cc1ncccc1S(=O)(=O)N1CCC[C@@H](C(=O)O)C1. The quantitative estimate of drug-likeness (QED) is 0.866. The van der Waals surface area contributed by atoms with Crippen molar-refractivity contribution in [2.45, 2.75) is 17.7 Å². The Labute approximate surface area is 116 Å². The molecule has 0 unspecified atom stereocenters. The smallest absolute Gasteiger partial charge is 0.307 e. The molecule has 2 rings (SSSR count). The zero-order valence-electron chi connectivity index (χ0n) is 10.6. The van der Waals surface area contributed by atoms with E-state index in [-0.39, 0.29) is 23.7 Å². The maximum Gasteiger partial charge on any atom is 0.307 e. The number of carboxylic acid groups (broad SMARTS) is 1. The number of aliphatic carboxylic acids is 1. The van der Waals surface area contributed by atoms with Gasteiger partial charge in [-0.1, -0.05) is 0 Å². The van der Waals surface area contributed by atoms with E-state index in [1.54, 1.807) is 6.07 Å². The Balaban J connectivity index is 2.35. The maximum atomic E-state index is 12.5. The molecule has 1 aliphatic heterocycles. The first-order valence-corrected chi connectivity index (χ1v) is 7.49. The van der Waals surface area contributed by atoms with Crippen LogP contribution in [0.25, 0.3) is 0 Å². The van der Waals surface area contributed by atoms with Crippen molar-refractivity contribution in [1.29, 1.82) is 5.26 Å². The fraction of sp³-hybridized carbons (Fsp3) is 0.417. The van der Waals surface area contributed by atoms with E-state index in [4.69, 9.17) is 10.4 Å². The summed E-state index contributed by atoms with van der Waals surface area (Å²) >= 11 is 0. The molecule has 0 spiro atoms. The Bertz CT molecular complexity index is 666. The van der Waals surface area contributed by atoms with Crippen molar-refractivity contribution < 1.29 is 18.3 Å². The molecule has 1 atom stereocenters. The lowest BCUT2D eigenvalue weighted by Crippen LogP contribution is -2.42. The molecule has 1 aromatic rings. The molecule has 0 amide bonds. The van der Waals surface area contributed by atoms with Gasteiger partial charge in [-0.3, -0.25) is 4.79 Å². The van der Waals surface area contributed by atoms with Crippen LogP contribution in [0.3, 0.4) is 0 Å². The zero-order chi connectivity index (χ0) is 14.8. The van der Waals surface area contributed by atoms with Gasteiger partial charge >= 0.3 is 5.97 Å². The van der Waals surface area contributed by atoms with Crippen LogP contribution in [0.2, 0.25) is 0 Å². The largest absolute Gasteiger partial charge is 0.481 e. The number of nitrogens with zero attached hydrogens (tertiary/aromatic N) is 3. The molecule has 0 radical (unpaired) electrons. The number of carboxylic acids is 1. The molecule has 0 saturated carbocycles. The number of hydrogen-bond donors (Lipinski definition) is 1. The van der Waals surface area contributed by atoms with Gasteiger partial charge in [0.2, 0.25) is 10.0 Å².